The van der Waals surface area contributed by atoms with Crippen molar-refractivity contribution in [2.75, 3.05) is 6.54 Å². The molecule has 1 aliphatic carbocycles. The van der Waals surface area contributed by atoms with Crippen LogP contribution in [-0.4, -0.2) is 24.5 Å². The largest absolute Gasteiger partial charge is 0.349 e. The van der Waals surface area contributed by atoms with Gasteiger partial charge in [0.1, 0.15) is 0 Å². The second-order valence-electron chi connectivity index (χ2n) is 6.28. The maximum atomic E-state index is 12.3. The number of hydrogen-bond acceptors (Lipinski definition) is 2. The summed E-state index contributed by atoms with van der Waals surface area (Å²) in [6, 6.07) is 6.90. The van der Waals surface area contributed by atoms with Crippen molar-refractivity contribution in [1.82, 2.24) is 10.6 Å². The summed E-state index contributed by atoms with van der Waals surface area (Å²) in [6.45, 7) is 7.42. The highest BCUT2D eigenvalue weighted by atomic mass is 16.1. The van der Waals surface area contributed by atoms with Crippen molar-refractivity contribution in [3.8, 4) is 0 Å². The molecule has 1 saturated carbocycles. The average Bonchev–Trinajstić information content (AvgIpc) is 2.49. The lowest BCUT2D eigenvalue weighted by atomic mass is 9.91. The highest BCUT2D eigenvalue weighted by Crippen LogP contribution is 2.19. The number of carbonyl (C=O) groups excluding carboxylic acids is 1. The maximum Gasteiger partial charge on any atom is 0.251 e. The van der Waals surface area contributed by atoms with Crippen molar-refractivity contribution in [3.05, 3.63) is 34.9 Å². The predicted octanol–water partition coefficient (Wildman–Crippen LogP) is 3.34. The molecule has 0 unspecified atom stereocenters. The molecule has 0 radical (unpaired) electrons. The van der Waals surface area contributed by atoms with Crippen LogP contribution in [0.2, 0.25) is 0 Å². The molecule has 2 N–H and O–H groups in total. The molecule has 0 aromatic heterocycles. The minimum Gasteiger partial charge on any atom is -0.349 e. The summed E-state index contributed by atoms with van der Waals surface area (Å²) < 4.78 is 0. The molecule has 21 heavy (non-hydrogen) atoms. The first-order valence-corrected chi connectivity index (χ1v) is 8.21. The maximum absolute atomic E-state index is 12.3. The summed E-state index contributed by atoms with van der Waals surface area (Å²) in [4.78, 5) is 12.3. The summed E-state index contributed by atoms with van der Waals surface area (Å²) in [5.41, 5.74) is 3.19. The van der Waals surface area contributed by atoms with E-state index < -0.39 is 0 Å². The van der Waals surface area contributed by atoms with Gasteiger partial charge in [0.2, 0.25) is 0 Å². The fourth-order valence-electron chi connectivity index (χ4n) is 2.94. The van der Waals surface area contributed by atoms with Gasteiger partial charge in [-0.2, -0.15) is 0 Å². The van der Waals surface area contributed by atoms with E-state index in [1.54, 1.807) is 0 Å². The zero-order valence-electron chi connectivity index (χ0n) is 13.5. The van der Waals surface area contributed by atoms with Crippen molar-refractivity contribution in [2.24, 2.45) is 0 Å². The third-order valence-electron chi connectivity index (χ3n) is 4.51. The number of hydrogen-bond donors (Lipinski definition) is 2. The number of amides is 1. The number of benzene rings is 1. The molecule has 1 aromatic carbocycles. The SMILES string of the molecule is CCCNC1CCC(NC(=O)c2ccc(C)c(C)c2)CC1. The topological polar surface area (TPSA) is 41.1 Å². The Morgan fingerprint density at radius 2 is 1.76 bits per heavy atom. The van der Waals surface area contributed by atoms with Crippen LogP contribution in [0.4, 0.5) is 0 Å². The Morgan fingerprint density at radius 3 is 2.38 bits per heavy atom. The summed E-state index contributed by atoms with van der Waals surface area (Å²) in [6.07, 6.45) is 5.68. The first-order valence-electron chi connectivity index (χ1n) is 8.21. The molecular weight excluding hydrogens is 260 g/mol. The molecule has 1 fully saturated rings. The normalized spacial score (nSPS) is 22.0. The lowest BCUT2D eigenvalue weighted by Crippen LogP contribution is -2.42. The minimum absolute atomic E-state index is 0.0723. The van der Waals surface area contributed by atoms with Crippen LogP contribution in [-0.2, 0) is 0 Å². The zero-order chi connectivity index (χ0) is 15.2. The van der Waals surface area contributed by atoms with Crippen LogP contribution < -0.4 is 10.6 Å². The third-order valence-corrected chi connectivity index (χ3v) is 4.51. The Bertz CT molecular complexity index is 476. The van der Waals surface area contributed by atoms with E-state index in [-0.39, 0.29) is 5.91 Å². The van der Waals surface area contributed by atoms with Crippen LogP contribution in [0, 0.1) is 13.8 Å². The molecule has 2 rings (SSSR count). The highest BCUT2D eigenvalue weighted by molar-refractivity contribution is 5.94. The van der Waals surface area contributed by atoms with E-state index in [2.05, 4.69) is 31.4 Å². The van der Waals surface area contributed by atoms with Gasteiger partial charge >= 0.3 is 0 Å². The van der Waals surface area contributed by atoms with Crippen LogP contribution in [0.15, 0.2) is 18.2 Å². The van der Waals surface area contributed by atoms with Gasteiger partial charge < -0.3 is 10.6 Å². The van der Waals surface area contributed by atoms with Crippen molar-refractivity contribution in [3.63, 3.8) is 0 Å². The molecule has 3 heteroatoms. The molecule has 0 saturated heterocycles. The monoisotopic (exact) mass is 288 g/mol. The number of carbonyl (C=O) groups is 1. The molecule has 0 heterocycles. The standard InChI is InChI=1S/C18H28N2O/c1-4-11-19-16-7-9-17(10-8-16)20-18(21)15-6-5-13(2)14(3)12-15/h5-6,12,16-17,19H,4,7-11H2,1-3H3,(H,20,21). The number of aryl methyl sites for hydroxylation is 2. The van der Waals surface area contributed by atoms with E-state index in [1.807, 2.05) is 18.2 Å². The molecule has 116 valence electrons. The van der Waals surface area contributed by atoms with E-state index in [9.17, 15) is 4.79 Å². The molecule has 3 nitrogen and oxygen atoms in total. The van der Waals surface area contributed by atoms with Gasteiger partial charge in [0.25, 0.3) is 5.91 Å². The average molecular weight is 288 g/mol. The Balaban J connectivity index is 1.82. The van der Waals surface area contributed by atoms with E-state index >= 15 is 0 Å². The summed E-state index contributed by atoms with van der Waals surface area (Å²) in [5.74, 6) is 0.0723. The van der Waals surface area contributed by atoms with Crippen molar-refractivity contribution in [1.29, 1.82) is 0 Å². The first kappa shape index (κ1) is 16.0. The molecule has 0 aliphatic heterocycles. The minimum atomic E-state index is 0.0723. The molecule has 0 bridgehead atoms. The van der Waals surface area contributed by atoms with Crippen LogP contribution in [0.5, 0.6) is 0 Å². The van der Waals surface area contributed by atoms with Crippen molar-refractivity contribution >= 4 is 5.91 Å². The quantitative estimate of drug-likeness (QED) is 0.872. The smallest absolute Gasteiger partial charge is 0.251 e. The van der Waals surface area contributed by atoms with Gasteiger partial charge in [0.05, 0.1) is 0 Å². The van der Waals surface area contributed by atoms with E-state index in [0.29, 0.717) is 12.1 Å². The van der Waals surface area contributed by atoms with Crippen LogP contribution in [0.3, 0.4) is 0 Å². The molecular formula is C18H28N2O. The second-order valence-corrected chi connectivity index (χ2v) is 6.28. The molecule has 0 atom stereocenters. The second kappa shape index (κ2) is 7.60. The van der Waals surface area contributed by atoms with E-state index in [4.69, 9.17) is 0 Å². The van der Waals surface area contributed by atoms with Crippen LogP contribution in [0.1, 0.15) is 60.5 Å². The fraction of sp³-hybridized carbons (Fsp3) is 0.611. The highest BCUT2D eigenvalue weighted by Gasteiger charge is 2.22. The Kier molecular flexibility index (Phi) is 5.80. The van der Waals surface area contributed by atoms with Gasteiger partial charge in [-0.1, -0.05) is 13.0 Å². The molecule has 0 spiro atoms. The Labute approximate surface area is 128 Å². The third kappa shape index (κ3) is 4.57. The van der Waals surface area contributed by atoms with Gasteiger partial charge in [-0.25, -0.2) is 0 Å². The zero-order valence-corrected chi connectivity index (χ0v) is 13.5. The van der Waals surface area contributed by atoms with Crippen LogP contribution in [0.25, 0.3) is 0 Å². The predicted molar refractivity (Wildman–Crippen MR) is 87.7 cm³/mol. The van der Waals surface area contributed by atoms with Gasteiger partial charge in [-0.3, -0.25) is 4.79 Å². The lowest BCUT2D eigenvalue weighted by Gasteiger charge is -2.29. The van der Waals surface area contributed by atoms with Crippen LogP contribution >= 0.6 is 0 Å². The Morgan fingerprint density at radius 1 is 1.10 bits per heavy atom. The summed E-state index contributed by atoms with van der Waals surface area (Å²) >= 11 is 0. The molecule has 1 aromatic rings. The van der Waals surface area contributed by atoms with Crippen molar-refractivity contribution in [2.45, 2.75) is 65.0 Å². The number of rotatable bonds is 5. The molecule has 1 amide bonds. The fourth-order valence-corrected chi connectivity index (χ4v) is 2.94. The summed E-state index contributed by atoms with van der Waals surface area (Å²) in [5, 5.41) is 6.77. The van der Waals surface area contributed by atoms with Crippen molar-refractivity contribution < 1.29 is 4.79 Å². The first-order chi connectivity index (χ1) is 10.1. The van der Waals surface area contributed by atoms with E-state index in [0.717, 1.165) is 37.8 Å². The summed E-state index contributed by atoms with van der Waals surface area (Å²) in [7, 11) is 0. The molecule has 1 aliphatic rings. The van der Waals surface area contributed by atoms with Gasteiger partial charge in [0.15, 0.2) is 0 Å². The lowest BCUT2D eigenvalue weighted by molar-refractivity contribution is 0.0924. The van der Waals surface area contributed by atoms with Gasteiger partial charge in [-0.15, -0.1) is 0 Å². The van der Waals surface area contributed by atoms with E-state index in [1.165, 1.54) is 17.5 Å². The number of nitrogens with one attached hydrogen (secondary N) is 2. The van der Waals surface area contributed by atoms with Gasteiger partial charge in [-0.05, 0) is 75.8 Å². The Hall–Kier alpha value is -1.35. The van der Waals surface area contributed by atoms with Gasteiger partial charge in [0, 0.05) is 17.6 Å².